The van der Waals surface area contributed by atoms with Crippen molar-refractivity contribution in [3.63, 3.8) is 0 Å². The van der Waals surface area contributed by atoms with Crippen molar-refractivity contribution >= 4 is 21.9 Å². The lowest BCUT2D eigenvalue weighted by atomic mass is 10.2. The normalized spacial score (nSPS) is 21.8. The molecule has 0 bridgehead atoms. The zero-order valence-electron chi connectivity index (χ0n) is 16.2. The minimum atomic E-state index is -4.39. The van der Waals surface area contributed by atoms with Gasteiger partial charge in [0.2, 0.25) is 11.9 Å². The van der Waals surface area contributed by atoms with Gasteiger partial charge in [-0.2, -0.15) is 8.42 Å². The van der Waals surface area contributed by atoms with Gasteiger partial charge in [0.1, 0.15) is 23.8 Å². The Kier molecular flexibility index (Phi) is 7.21. The Labute approximate surface area is 169 Å². The maximum atomic E-state index is 13.3. The number of aliphatic carboxylic acids is 1. The third-order valence-corrected chi connectivity index (χ3v) is 6.99. The molecule has 2 rings (SSSR count). The SMILES string of the molecule is CC#CCOc1ccc(S(=O)(=O)[N+]2(NO)CCN(C(=O)CC)CC2C(=O)O)cc1. The van der Waals surface area contributed by atoms with Gasteiger partial charge in [-0.1, -0.05) is 12.8 Å². The molecule has 0 saturated carbocycles. The number of rotatable bonds is 7. The van der Waals surface area contributed by atoms with Crippen LogP contribution in [0.2, 0.25) is 0 Å². The van der Waals surface area contributed by atoms with E-state index in [4.69, 9.17) is 4.74 Å². The summed E-state index contributed by atoms with van der Waals surface area (Å²) in [6, 6.07) is 3.76. The van der Waals surface area contributed by atoms with Crippen molar-refractivity contribution in [2.45, 2.75) is 31.2 Å². The highest BCUT2D eigenvalue weighted by atomic mass is 32.2. The summed E-state index contributed by atoms with van der Waals surface area (Å²) in [6.45, 7) is 2.71. The molecule has 158 valence electrons. The van der Waals surface area contributed by atoms with Gasteiger partial charge in [0.15, 0.2) is 0 Å². The van der Waals surface area contributed by atoms with E-state index in [9.17, 15) is 28.3 Å². The molecule has 1 fully saturated rings. The van der Waals surface area contributed by atoms with E-state index in [1.54, 1.807) is 19.4 Å². The first-order chi connectivity index (χ1) is 13.7. The first-order valence-electron chi connectivity index (χ1n) is 8.90. The van der Waals surface area contributed by atoms with Gasteiger partial charge < -0.3 is 14.7 Å². The lowest BCUT2D eigenvalue weighted by molar-refractivity contribution is -0.902. The van der Waals surface area contributed by atoms with Gasteiger partial charge in [0, 0.05) is 6.42 Å². The van der Waals surface area contributed by atoms with Crippen LogP contribution in [0.25, 0.3) is 0 Å². The Morgan fingerprint density at radius 2 is 2.00 bits per heavy atom. The molecule has 1 heterocycles. The number of carbonyl (C=O) groups is 2. The molecule has 29 heavy (non-hydrogen) atoms. The van der Waals surface area contributed by atoms with Crippen LogP contribution in [-0.4, -0.2) is 71.8 Å². The van der Waals surface area contributed by atoms with E-state index in [0.717, 1.165) is 0 Å². The van der Waals surface area contributed by atoms with Gasteiger partial charge in [-0.3, -0.25) is 10.0 Å². The van der Waals surface area contributed by atoms with Crippen LogP contribution in [0.5, 0.6) is 5.75 Å². The van der Waals surface area contributed by atoms with Gasteiger partial charge in [0.25, 0.3) is 0 Å². The van der Waals surface area contributed by atoms with Crippen molar-refractivity contribution in [1.29, 1.82) is 0 Å². The van der Waals surface area contributed by atoms with Gasteiger partial charge in [0.05, 0.1) is 13.1 Å². The van der Waals surface area contributed by atoms with Crippen LogP contribution in [0.1, 0.15) is 20.3 Å². The summed E-state index contributed by atoms with van der Waals surface area (Å²) < 4.78 is 30.6. The Hall–Kier alpha value is -2.65. The fraction of sp³-hybridized carbons (Fsp3) is 0.444. The lowest BCUT2D eigenvalue weighted by Crippen LogP contribution is -2.75. The van der Waals surface area contributed by atoms with Gasteiger partial charge in [-0.15, -0.1) is 9.92 Å². The monoisotopic (exact) mass is 426 g/mol. The van der Waals surface area contributed by atoms with Crippen LogP contribution in [0.15, 0.2) is 29.2 Å². The summed E-state index contributed by atoms with van der Waals surface area (Å²) in [7, 11) is -4.39. The Morgan fingerprint density at radius 1 is 1.34 bits per heavy atom. The quantitative estimate of drug-likeness (QED) is 0.320. The predicted octanol–water partition coefficient (Wildman–Crippen LogP) is 0.193. The Morgan fingerprint density at radius 3 is 2.52 bits per heavy atom. The largest absolute Gasteiger partial charge is 0.481 e. The fourth-order valence-electron chi connectivity index (χ4n) is 3.11. The highest BCUT2D eigenvalue weighted by molar-refractivity contribution is 7.86. The summed E-state index contributed by atoms with van der Waals surface area (Å²) >= 11 is 0. The van der Waals surface area contributed by atoms with Crippen LogP contribution in [-0.2, 0) is 19.6 Å². The third-order valence-electron chi connectivity index (χ3n) is 4.75. The number of carboxylic acids is 1. The van der Waals surface area contributed by atoms with Crippen LogP contribution >= 0.6 is 0 Å². The maximum Gasteiger partial charge on any atom is 0.367 e. The predicted molar refractivity (Wildman–Crippen MR) is 101 cm³/mol. The molecule has 2 atom stereocenters. The first-order valence-corrected chi connectivity index (χ1v) is 10.3. The number of carboxylic acid groups (broad SMARTS) is 1. The van der Waals surface area contributed by atoms with E-state index in [-0.39, 0.29) is 43.5 Å². The summed E-state index contributed by atoms with van der Waals surface area (Å²) in [4.78, 5) is 24.9. The number of carbonyl (C=O) groups excluding carboxylic acids is 1. The molecule has 11 heteroatoms. The molecule has 1 aromatic carbocycles. The lowest BCUT2D eigenvalue weighted by Gasteiger charge is -2.44. The van der Waals surface area contributed by atoms with Gasteiger partial charge in [-0.05, 0) is 36.8 Å². The molecular formula is C18H24N3O7S+. The van der Waals surface area contributed by atoms with E-state index in [1.165, 1.54) is 29.2 Å². The molecule has 0 aromatic heterocycles. The van der Waals surface area contributed by atoms with Crippen molar-refractivity contribution in [3.05, 3.63) is 24.3 Å². The van der Waals surface area contributed by atoms with Crippen molar-refractivity contribution in [2.75, 3.05) is 26.2 Å². The highest BCUT2D eigenvalue weighted by Crippen LogP contribution is 2.30. The molecule has 10 nitrogen and oxygen atoms in total. The Bertz CT molecular complexity index is 921. The summed E-state index contributed by atoms with van der Waals surface area (Å²) in [5.41, 5.74) is 1.70. The molecule has 1 aliphatic heterocycles. The number of hydrogen-bond donors (Lipinski definition) is 3. The van der Waals surface area contributed by atoms with E-state index in [2.05, 4.69) is 11.8 Å². The fourth-order valence-corrected chi connectivity index (χ4v) is 4.89. The number of nitrogens with one attached hydrogen (secondary N) is 1. The zero-order chi connectivity index (χ0) is 21.7. The molecule has 1 aliphatic rings. The zero-order valence-corrected chi connectivity index (χ0v) is 17.0. The molecule has 1 amide bonds. The molecule has 1 aromatic rings. The third kappa shape index (κ3) is 4.35. The van der Waals surface area contributed by atoms with E-state index in [0.29, 0.717) is 5.75 Å². The van der Waals surface area contributed by atoms with Crippen molar-refractivity contribution in [1.82, 2.24) is 10.5 Å². The van der Waals surface area contributed by atoms with Crippen LogP contribution in [0.4, 0.5) is 0 Å². The van der Waals surface area contributed by atoms with Crippen LogP contribution in [0.3, 0.4) is 0 Å². The minimum Gasteiger partial charge on any atom is -0.481 e. The summed E-state index contributed by atoms with van der Waals surface area (Å²) in [5.74, 6) is 4.02. The summed E-state index contributed by atoms with van der Waals surface area (Å²) in [5, 5.41) is 19.4. The molecular weight excluding hydrogens is 402 g/mol. The Balaban J connectivity index is 2.39. The van der Waals surface area contributed by atoms with Gasteiger partial charge in [-0.25, -0.2) is 4.79 Å². The number of hydrogen-bond acceptors (Lipinski definition) is 7. The highest BCUT2D eigenvalue weighted by Gasteiger charge is 2.57. The number of ether oxygens (including phenoxy) is 1. The van der Waals surface area contributed by atoms with Crippen molar-refractivity contribution < 1.29 is 37.1 Å². The van der Waals surface area contributed by atoms with Gasteiger partial charge >= 0.3 is 16.0 Å². The van der Waals surface area contributed by atoms with E-state index in [1.807, 2.05) is 0 Å². The smallest absolute Gasteiger partial charge is 0.367 e. The average Bonchev–Trinajstić information content (AvgIpc) is 2.73. The maximum absolute atomic E-state index is 13.3. The van der Waals surface area contributed by atoms with E-state index < -0.39 is 26.0 Å². The molecule has 1 saturated heterocycles. The summed E-state index contributed by atoms with van der Waals surface area (Å²) in [6.07, 6.45) is 0.162. The average molecular weight is 426 g/mol. The van der Waals surface area contributed by atoms with Crippen LogP contribution in [0, 0.1) is 11.8 Å². The topological polar surface area (TPSA) is 133 Å². The molecule has 2 unspecified atom stereocenters. The number of benzene rings is 1. The van der Waals surface area contributed by atoms with Crippen molar-refractivity contribution in [2.24, 2.45) is 0 Å². The van der Waals surface area contributed by atoms with E-state index >= 15 is 0 Å². The first kappa shape index (κ1) is 22.6. The van der Waals surface area contributed by atoms with Crippen molar-refractivity contribution in [3.8, 4) is 17.6 Å². The number of sulfonamides is 1. The second kappa shape index (κ2) is 9.23. The molecule has 0 aliphatic carbocycles. The van der Waals surface area contributed by atoms with Crippen LogP contribution < -0.4 is 10.3 Å². The number of piperazine rings is 1. The molecule has 0 radical (unpaired) electrons. The molecule has 3 N–H and O–H groups in total. The second-order valence-corrected chi connectivity index (χ2v) is 8.40. The number of amides is 1. The number of quaternary nitrogens is 1. The standard InChI is InChI=1S/C18H23N3O7S/c1-3-5-12-28-14-6-8-15(9-7-14)29(26,27)21(19-25)11-10-20(17(22)4-2)13-16(21)18(23)24/h6-9,16,19,25H,4,10-13H2,1-2H3/p+1. The number of nitrogens with zero attached hydrogens (tertiary/aromatic N) is 2. The minimum absolute atomic E-state index is 0.0277. The molecule has 0 spiro atoms. The second-order valence-electron chi connectivity index (χ2n) is 6.33.